The van der Waals surface area contributed by atoms with Crippen LogP contribution in [0.3, 0.4) is 0 Å². The molecule has 3 aromatic carbocycles. The quantitative estimate of drug-likeness (QED) is 0.117. The Hall–Kier alpha value is -3.78. The Kier molecular flexibility index (Phi) is 8.11. The first-order chi connectivity index (χ1) is 17.8. The number of nitrogens with zero attached hydrogens (tertiary/aromatic N) is 2. The number of nitriles is 1. The third kappa shape index (κ3) is 5.41. The molecule has 1 aliphatic rings. The van der Waals surface area contributed by atoms with E-state index in [0.29, 0.717) is 5.56 Å². The maximum absolute atomic E-state index is 10.0. The zero-order chi connectivity index (χ0) is 26.1. The van der Waals surface area contributed by atoms with Crippen LogP contribution in [-0.4, -0.2) is 15.9 Å². The molecule has 5 nitrogen and oxygen atoms in total. The molecule has 0 saturated heterocycles. The molecule has 0 amide bonds. The van der Waals surface area contributed by atoms with Crippen LogP contribution in [-0.2, 0) is 37.7 Å². The zero-order valence-corrected chi connectivity index (χ0v) is 23.9. The fourth-order valence-corrected chi connectivity index (χ4v) is 5.10. The number of aliphatic hydroxyl groups is 1. The second-order valence-corrected chi connectivity index (χ2v) is 9.61. The Morgan fingerprint density at radius 2 is 1.74 bits per heavy atom. The minimum atomic E-state index is -0.125. The molecule has 6 heteroatoms. The first-order valence-corrected chi connectivity index (χ1v) is 12.4. The predicted molar refractivity (Wildman–Crippen MR) is 146 cm³/mol. The molecular formula is C32H27IrN2O3-. The second-order valence-electron chi connectivity index (χ2n) is 9.61. The molecule has 6 rings (SSSR count). The van der Waals surface area contributed by atoms with E-state index in [1.807, 2.05) is 25.3 Å². The average Bonchev–Trinajstić information content (AvgIpc) is 3.21. The van der Waals surface area contributed by atoms with Gasteiger partial charge in [0.05, 0.1) is 5.76 Å². The minimum absolute atomic E-state index is 0. The summed E-state index contributed by atoms with van der Waals surface area (Å²) < 4.78 is 6.26. The van der Waals surface area contributed by atoms with Crippen molar-refractivity contribution in [3.8, 4) is 17.3 Å². The summed E-state index contributed by atoms with van der Waals surface area (Å²) in [4.78, 5) is 14.7. The predicted octanol–water partition coefficient (Wildman–Crippen LogP) is 7.69. The van der Waals surface area contributed by atoms with E-state index in [1.54, 1.807) is 6.07 Å². The van der Waals surface area contributed by atoms with E-state index in [2.05, 4.69) is 36.4 Å². The van der Waals surface area contributed by atoms with Crippen molar-refractivity contribution >= 4 is 38.5 Å². The van der Waals surface area contributed by atoms with Crippen molar-refractivity contribution in [2.45, 2.75) is 46.5 Å². The molecule has 0 bridgehead atoms. The van der Waals surface area contributed by atoms with Gasteiger partial charge in [-0.1, -0.05) is 6.92 Å². The minimum Gasteiger partial charge on any atom is -0.512 e. The number of carbonyl (C=O) groups excluding carboxylic acids is 1. The maximum atomic E-state index is 10.0. The number of furan rings is 1. The summed E-state index contributed by atoms with van der Waals surface area (Å²) in [6.07, 6.45) is 7.82. The normalized spacial score (nSPS) is 12.8. The van der Waals surface area contributed by atoms with Gasteiger partial charge in [0.25, 0.3) is 0 Å². The summed E-state index contributed by atoms with van der Waals surface area (Å²) in [7, 11) is 0. The molecule has 2 aromatic heterocycles. The fourth-order valence-electron chi connectivity index (χ4n) is 5.10. The van der Waals surface area contributed by atoms with Crippen molar-refractivity contribution in [3.05, 3.63) is 88.8 Å². The molecule has 1 N–H and O–H groups in total. The van der Waals surface area contributed by atoms with Gasteiger partial charge >= 0.3 is 0 Å². The van der Waals surface area contributed by atoms with Crippen molar-refractivity contribution in [1.29, 1.82) is 5.26 Å². The Morgan fingerprint density at radius 3 is 2.37 bits per heavy atom. The van der Waals surface area contributed by atoms with Crippen LogP contribution in [0, 0.1) is 24.3 Å². The third-order valence-corrected chi connectivity index (χ3v) is 6.74. The van der Waals surface area contributed by atoms with E-state index in [9.17, 15) is 10.1 Å². The van der Waals surface area contributed by atoms with Gasteiger partial charge < -0.3 is 14.5 Å². The number of aryl methyl sites for hydroxylation is 3. The van der Waals surface area contributed by atoms with Crippen LogP contribution in [0.1, 0.15) is 48.9 Å². The Morgan fingerprint density at radius 1 is 1.05 bits per heavy atom. The average molecular weight is 680 g/mol. The second kappa shape index (κ2) is 11.3. The van der Waals surface area contributed by atoms with Gasteiger partial charge in [0.2, 0.25) is 0 Å². The van der Waals surface area contributed by atoms with Crippen LogP contribution >= 0.6 is 0 Å². The summed E-state index contributed by atoms with van der Waals surface area (Å²) >= 11 is 0. The number of aromatic nitrogens is 1. The van der Waals surface area contributed by atoms with E-state index in [0.717, 1.165) is 57.0 Å². The molecule has 1 radical (unpaired) electrons. The number of pyridine rings is 1. The molecule has 0 saturated carbocycles. The van der Waals surface area contributed by atoms with Crippen molar-refractivity contribution in [2.24, 2.45) is 0 Å². The molecule has 5 aromatic rings. The smallest absolute Gasteiger partial charge is 0.155 e. The molecule has 0 aliphatic heterocycles. The number of aliphatic hydroxyl groups excluding tert-OH is 1. The standard InChI is InChI=1S/C27H19N2O.C5H8O2.Ir/c1-16-10-17(15-28)6-7-21(16)27-22-14-24-23-11-18-4-2-3-5-19(18)12-25(23)30-26(24)13-20(22)8-9-29-27;1-4(6)3-5(2)7;/h6,8-14H,2-5H2,1H3;3,6H,1-2H3;/q-1;;/b;4-3-;. The van der Waals surface area contributed by atoms with Crippen LogP contribution < -0.4 is 0 Å². The first-order valence-electron chi connectivity index (χ1n) is 12.4. The Bertz CT molecular complexity index is 1750. The number of rotatable bonds is 2. The van der Waals surface area contributed by atoms with E-state index in [4.69, 9.17) is 14.5 Å². The molecule has 0 unspecified atom stereocenters. The molecule has 2 heterocycles. The molecule has 0 spiro atoms. The zero-order valence-electron chi connectivity index (χ0n) is 21.5. The van der Waals surface area contributed by atoms with Crippen molar-refractivity contribution in [2.75, 3.05) is 0 Å². The topological polar surface area (TPSA) is 87.1 Å². The molecule has 0 fully saturated rings. The third-order valence-electron chi connectivity index (χ3n) is 6.74. The van der Waals surface area contributed by atoms with Crippen molar-refractivity contribution < 1.29 is 34.4 Å². The Balaban J connectivity index is 0.000000375. The van der Waals surface area contributed by atoms with Crippen LogP contribution in [0.4, 0.5) is 0 Å². The van der Waals surface area contributed by atoms with Gasteiger partial charge in [0.15, 0.2) is 5.78 Å². The van der Waals surface area contributed by atoms with Crippen LogP contribution in [0.15, 0.2) is 64.9 Å². The maximum Gasteiger partial charge on any atom is 0.155 e. The fraction of sp³-hybridized carbons (Fsp3) is 0.219. The SMILES string of the molecule is CC(=O)/C=C(/C)O.Cc1cc(C#N)c[c-]c1-c1nccc2cc3oc4cc5c(cc4c3cc12)CCCC5.[Ir]. The van der Waals surface area contributed by atoms with Gasteiger partial charge in [-0.15, -0.1) is 29.3 Å². The molecule has 38 heavy (non-hydrogen) atoms. The number of allylic oxidation sites excluding steroid dienone is 2. The number of fused-ring (bicyclic) bond motifs is 5. The summed E-state index contributed by atoms with van der Waals surface area (Å²) in [5, 5.41) is 22.0. The number of carbonyl (C=O) groups is 1. The molecule has 0 atom stereocenters. The van der Waals surface area contributed by atoms with Crippen molar-refractivity contribution in [1.82, 2.24) is 4.98 Å². The number of ketones is 1. The van der Waals surface area contributed by atoms with Crippen LogP contribution in [0.2, 0.25) is 0 Å². The first kappa shape index (κ1) is 27.3. The van der Waals surface area contributed by atoms with E-state index in [1.165, 1.54) is 49.3 Å². The Labute approximate surface area is 235 Å². The van der Waals surface area contributed by atoms with Gasteiger partial charge in [-0.05, 0) is 103 Å². The molecule has 193 valence electrons. The number of hydrogen-bond donors (Lipinski definition) is 1. The van der Waals surface area contributed by atoms with Gasteiger partial charge in [-0.3, -0.25) is 4.79 Å². The summed E-state index contributed by atoms with van der Waals surface area (Å²) in [6.45, 7) is 4.85. The van der Waals surface area contributed by atoms with E-state index in [-0.39, 0.29) is 31.6 Å². The van der Waals surface area contributed by atoms with Gasteiger partial charge in [0.1, 0.15) is 11.2 Å². The number of benzene rings is 3. The van der Waals surface area contributed by atoms with Gasteiger partial charge in [-0.25, -0.2) is 5.26 Å². The largest absolute Gasteiger partial charge is 0.512 e. The summed E-state index contributed by atoms with van der Waals surface area (Å²) in [6, 6.07) is 20.0. The molecule has 1 aliphatic carbocycles. The van der Waals surface area contributed by atoms with Crippen molar-refractivity contribution in [3.63, 3.8) is 0 Å². The monoisotopic (exact) mass is 680 g/mol. The van der Waals surface area contributed by atoms with Gasteiger partial charge in [-0.2, -0.15) is 0 Å². The van der Waals surface area contributed by atoms with E-state index >= 15 is 0 Å². The number of hydrogen-bond acceptors (Lipinski definition) is 5. The van der Waals surface area contributed by atoms with E-state index < -0.39 is 0 Å². The van der Waals surface area contributed by atoms with Gasteiger partial charge in [0, 0.05) is 49.2 Å². The molecular weight excluding hydrogens is 653 g/mol. The van der Waals surface area contributed by atoms with Crippen LogP contribution in [0.25, 0.3) is 44.0 Å². The summed E-state index contributed by atoms with van der Waals surface area (Å²) in [5.74, 6) is -0.0625. The summed E-state index contributed by atoms with van der Waals surface area (Å²) in [5.41, 5.74) is 8.22. The van der Waals surface area contributed by atoms with Crippen LogP contribution in [0.5, 0.6) is 0 Å².